The van der Waals surface area contributed by atoms with Gasteiger partial charge in [0.05, 0.1) is 18.8 Å². The zero-order chi connectivity index (χ0) is 19.8. The predicted octanol–water partition coefficient (Wildman–Crippen LogP) is 3.39. The molecule has 3 unspecified atom stereocenters. The minimum absolute atomic E-state index is 0. The van der Waals surface area contributed by atoms with Gasteiger partial charge >= 0.3 is 0 Å². The van der Waals surface area contributed by atoms with E-state index in [0.29, 0.717) is 19.1 Å². The van der Waals surface area contributed by atoms with Crippen LogP contribution < -0.4 is 15.4 Å². The summed E-state index contributed by atoms with van der Waals surface area (Å²) in [6.07, 6.45) is 5.30. The zero-order valence-electron chi connectivity index (χ0n) is 17.7. The highest BCUT2D eigenvalue weighted by Crippen LogP contribution is 2.25. The van der Waals surface area contributed by atoms with Gasteiger partial charge in [-0.2, -0.15) is 0 Å². The van der Waals surface area contributed by atoms with Gasteiger partial charge in [0.15, 0.2) is 5.96 Å². The van der Waals surface area contributed by atoms with Gasteiger partial charge in [-0.05, 0) is 51.2 Å². The molecule has 1 heterocycles. The number of rotatable bonds is 8. The fraction of sp³-hybridized carbons (Fsp3) is 0.682. The first kappa shape index (κ1) is 24.2. The lowest BCUT2D eigenvalue weighted by Gasteiger charge is -2.18. The van der Waals surface area contributed by atoms with E-state index in [-0.39, 0.29) is 36.2 Å². The molecule has 2 aliphatic rings. The Hall–Kier alpha value is -1.06. The summed E-state index contributed by atoms with van der Waals surface area (Å²) in [5.74, 6) is 1.99. The van der Waals surface area contributed by atoms with E-state index in [1.54, 1.807) is 0 Å². The average molecular weight is 517 g/mol. The standard InChI is InChI=1S/C22H35N3O3.HI/c1-3-23-22(24-13-17-6-4-8-20(17)26)25-14-18-10-9-16(2)12-21(18)28-15-19-7-5-11-27-19;/h9-10,12,17,19-20,26H,3-8,11,13-15H2,1-2H3,(H2,23,24,25);1H. The minimum atomic E-state index is -0.190. The van der Waals surface area contributed by atoms with Crippen molar-refractivity contribution in [1.29, 1.82) is 0 Å². The molecule has 164 valence electrons. The number of hydrogen-bond acceptors (Lipinski definition) is 4. The molecule has 29 heavy (non-hydrogen) atoms. The van der Waals surface area contributed by atoms with Crippen LogP contribution in [0.4, 0.5) is 0 Å². The van der Waals surface area contributed by atoms with Gasteiger partial charge < -0.3 is 25.2 Å². The summed E-state index contributed by atoms with van der Waals surface area (Å²) in [6.45, 7) is 7.67. The second-order valence-corrected chi connectivity index (χ2v) is 7.89. The van der Waals surface area contributed by atoms with Gasteiger partial charge in [-0.1, -0.05) is 18.6 Å². The van der Waals surface area contributed by atoms with E-state index in [1.807, 2.05) is 0 Å². The third-order valence-electron chi connectivity index (χ3n) is 5.57. The van der Waals surface area contributed by atoms with Gasteiger partial charge in [0.25, 0.3) is 0 Å². The second kappa shape index (κ2) is 12.6. The average Bonchev–Trinajstić information content (AvgIpc) is 3.35. The summed E-state index contributed by atoms with van der Waals surface area (Å²) < 4.78 is 11.8. The molecule has 0 amide bonds. The minimum Gasteiger partial charge on any atom is -0.491 e. The van der Waals surface area contributed by atoms with Crippen LogP contribution in [0.2, 0.25) is 0 Å². The lowest BCUT2D eigenvalue weighted by molar-refractivity contribution is 0.0676. The Morgan fingerprint density at radius 3 is 2.79 bits per heavy atom. The highest BCUT2D eigenvalue weighted by atomic mass is 127. The highest BCUT2D eigenvalue weighted by Gasteiger charge is 2.25. The van der Waals surface area contributed by atoms with Crippen LogP contribution >= 0.6 is 24.0 Å². The van der Waals surface area contributed by atoms with Crippen LogP contribution in [0.25, 0.3) is 0 Å². The maximum Gasteiger partial charge on any atom is 0.191 e. The zero-order valence-corrected chi connectivity index (χ0v) is 20.0. The van der Waals surface area contributed by atoms with Crippen molar-refractivity contribution in [2.45, 2.75) is 64.7 Å². The number of halogens is 1. The molecule has 0 bridgehead atoms. The molecule has 7 heteroatoms. The summed E-state index contributed by atoms with van der Waals surface area (Å²) >= 11 is 0. The summed E-state index contributed by atoms with van der Waals surface area (Å²) in [7, 11) is 0. The van der Waals surface area contributed by atoms with Crippen molar-refractivity contribution in [1.82, 2.24) is 10.6 Å². The Balaban J connectivity index is 0.00000300. The van der Waals surface area contributed by atoms with Gasteiger partial charge in [0, 0.05) is 31.2 Å². The molecule has 1 aromatic carbocycles. The molecule has 2 fully saturated rings. The number of ether oxygens (including phenoxy) is 2. The number of aliphatic imine (C=N–C) groups is 1. The van der Waals surface area contributed by atoms with Crippen LogP contribution in [0.15, 0.2) is 23.2 Å². The number of aryl methyl sites for hydroxylation is 1. The maximum absolute atomic E-state index is 10.0. The van der Waals surface area contributed by atoms with E-state index in [0.717, 1.165) is 69.1 Å². The normalized spacial score (nSPS) is 24.2. The molecule has 0 spiro atoms. The largest absolute Gasteiger partial charge is 0.491 e. The van der Waals surface area contributed by atoms with Crippen molar-refractivity contribution >= 4 is 29.9 Å². The van der Waals surface area contributed by atoms with E-state index in [2.05, 4.69) is 42.7 Å². The molecule has 1 aliphatic carbocycles. The van der Waals surface area contributed by atoms with Crippen molar-refractivity contribution in [3.8, 4) is 5.75 Å². The summed E-state index contributed by atoms with van der Waals surface area (Å²) in [4.78, 5) is 4.74. The van der Waals surface area contributed by atoms with Gasteiger partial charge in [0.2, 0.25) is 0 Å². The topological polar surface area (TPSA) is 75.1 Å². The van der Waals surface area contributed by atoms with Crippen molar-refractivity contribution in [2.75, 3.05) is 26.3 Å². The van der Waals surface area contributed by atoms with Crippen molar-refractivity contribution in [2.24, 2.45) is 10.9 Å². The van der Waals surface area contributed by atoms with Crippen LogP contribution in [-0.2, 0) is 11.3 Å². The van der Waals surface area contributed by atoms with E-state index in [9.17, 15) is 5.11 Å². The molecule has 1 aliphatic heterocycles. The highest BCUT2D eigenvalue weighted by molar-refractivity contribution is 14.0. The Labute approximate surface area is 191 Å². The molecule has 0 aromatic heterocycles. The third-order valence-corrected chi connectivity index (χ3v) is 5.57. The first-order valence-corrected chi connectivity index (χ1v) is 10.7. The second-order valence-electron chi connectivity index (χ2n) is 7.89. The van der Waals surface area contributed by atoms with Crippen molar-refractivity contribution in [3.63, 3.8) is 0 Å². The SMILES string of the molecule is CCNC(=NCc1ccc(C)cc1OCC1CCCO1)NCC1CCCC1O.I. The molecule has 0 radical (unpaired) electrons. The molecule has 1 saturated heterocycles. The molecule has 3 atom stereocenters. The van der Waals surface area contributed by atoms with Crippen LogP contribution in [0.1, 0.15) is 50.2 Å². The summed E-state index contributed by atoms with van der Waals surface area (Å²) in [5, 5.41) is 16.7. The van der Waals surface area contributed by atoms with Gasteiger partial charge in [-0.15, -0.1) is 24.0 Å². The van der Waals surface area contributed by atoms with Crippen LogP contribution in [0.5, 0.6) is 5.75 Å². The molecular formula is C22H36IN3O3. The Kier molecular flexibility index (Phi) is 10.5. The smallest absolute Gasteiger partial charge is 0.191 e. The first-order valence-electron chi connectivity index (χ1n) is 10.7. The van der Waals surface area contributed by atoms with Gasteiger partial charge in [-0.3, -0.25) is 0 Å². The van der Waals surface area contributed by atoms with Gasteiger partial charge in [-0.25, -0.2) is 4.99 Å². The molecular weight excluding hydrogens is 481 g/mol. The fourth-order valence-corrected chi connectivity index (χ4v) is 3.87. The molecule has 3 rings (SSSR count). The van der Waals surface area contributed by atoms with E-state index < -0.39 is 0 Å². The van der Waals surface area contributed by atoms with E-state index in [1.165, 1.54) is 5.56 Å². The fourth-order valence-electron chi connectivity index (χ4n) is 3.87. The lowest BCUT2D eigenvalue weighted by atomic mass is 10.1. The van der Waals surface area contributed by atoms with Gasteiger partial charge in [0.1, 0.15) is 12.4 Å². The number of aliphatic hydroxyl groups is 1. The number of benzene rings is 1. The summed E-state index contributed by atoms with van der Waals surface area (Å²) in [6, 6.07) is 6.27. The van der Waals surface area contributed by atoms with E-state index in [4.69, 9.17) is 14.5 Å². The number of nitrogens with zero attached hydrogens (tertiary/aromatic N) is 1. The Morgan fingerprint density at radius 2 is 2.10 bits per heavy atom. The van der Waals surface area contributed by atoms with Crippen molar-refractivity contribution < 1.29 is 14.6 Å². The van der Waals surface area contributed by atoms with Crippen molar-refractivity contribution in [3.05, 3.63) is 29.3 Å². The first-order chi connectivity index (χ1) is 13.7. The van der Waals surface area contributed by atoms with Crippen LogP contribution in [0.3, 0.4) is 0 Å². The van der Waals surface area contributed by atoms with Crippen LogP contribution in [-0.4, -0.2) is 49.6 Å². The molecule has 3 N–H and O–H groups in total. The maximum atomic E-state index is 10.0. The van der Waals surface area contributed by atoms with E-state index >= 15 is 0 Å². The summed E-state index contributed by atoms with van der Waals surface area (Å²) in [5.41, 5.74) is 2.25. The predicted molar refractivity (Wildman–Crippen MR) is 127 cm³/mol. The quantitative estimate of drug-likeness (QED) is 0.280. The number of hydrogen-bond donors (Lipinski definition) is 3. The lowest BCUT2D eigenvalue weighted by Crippen LogP contribution is -2.41. The van der Waals surface area contributed by atoms with Crippen LogP contribution in [0, 0.1) is 12.8 Å². The third kappa shape index (κ3) is 7.61. The number of guanidine groups is 1. The Bertz CT molecular complexity index is 650. The number of nitrogens with one attached hydrogen (secondary N) is 2. The Morgan fingerprint density at radius 1 is 1.24 bits per heavy atom. The molecule has 6 nitrogen and oxygen atoms in total. The number of aliphatic hydroxyl groups excluding tert-OH is 1. The molecule has 1 saturated carbocycles. The molecule has 1 aromatic rings. The monoisotopic (exact) mass is 517 g/mol.